The molecule has 110 valence electrons. The minimum Gasteiger partial charge on any atom is -0.481 e. The van der Waals surface area contributed by atoms with Crippen molar-refractivity contribution >= 4 is 12.0 Å². The Morgan fingerprint density at radius 3 is 2.47 bits per heavy atom. The van der Waals surface area contributed by atoms with Crippen molar-refractivity contribution in [1.29, 1.82) is 0 Å². The first-order chi connectivity index (χ1) is 8.81. The molecule has 1 atom stereocenters. The van der Waals surface area contributed by atoms with Crippen LogP contribution in [0.25, 0.3) is 0 Å². The molecule has 1 aliphatic carbocycles. The van der Waals surface area contributed by atoms with Crippen LogP contribution in [0, 0.1) is 11.8 Å². The minimum absolute atomic E-state index is 0.123. The topological polar surface area (TPSA) is 78.4 Å². The fourth-order valence-electron chi connectivity index (χ4n) is 2.19. The lowest BCUT2D eigenvalue weighted by atomic mass is 9.99. The van der Waals surface area contributed by atoms with E-state index in [2.05, 4.69) is 24.5 Å². The van der Waals surface area contributed by atoms with Crippen LogP contribution in [0.1, 0.15) is 52.9 Å². The van der Waals surface area contributed by atoms with E-state index in [1.54, 1.807) is 0 Å². The Hall–Kier alpha value is -1.26. The summed E-state index contributed by atoms with van der Waals surface area (Å²) in [5.41, 5.74) is -0.126. The maximum atomic E-state index is 11.7. The number of aliphatic carboxylic acids is 1. The van der Waals surface area contributed by atoms with Crippen molar-refractivity contribution in [1.82, 2.24) is 10.6 Å². The normalized spacial score (nSPS) is 16.8. The van der Waals surface area contributed by atoms with E-state index in [4.69, 9.17) is 5.11 Å². The summed E-state index contributed by atoms with van der Waals surface area (Å²) >= 11 is 0. The molecular formula is C14H26N2O3. The van der Waals surface area contributed by atoms with Gasteiger partial charge in [-0.3, -0.25) is 4.79 Å². The summed E-state index contributed by atoms with van der Waals surface area (Å²) in [5.74, 6) is 0.157. The molecule has 2 amide bonds. The van der Waals surface area contributed by atoms with E-state index in [9.17, 15) is 9.59 Å². The van der Waals surface area contributed by atoms with Gasteiger partial charge in [-0.05, 0) is 51.4 Å². The zero-order chi connectivity index (χ0) is 14.5. The first-order valence-corrected chi connectivity index (χ1v) is 7.09. The number of urea groups is 1. The van der Waals surface area contributed by atoms with Crippen molar-refractivity contribution in [3.8, 4) is 0 Å². The van der Waals surface area contributed by atoms with E-state index < -0.39 is 5.97 Å². The zero-order valence-electron chi connectivity index (χ0n) is 12.2. The van der Waals surface area contributed by atoms with E-state index in [0.717, 1.165) is 6.42 Å². The molecular weight excluding hydrogens is 244 g/mol. The lowest BCUT2D eigenvalue weighted by molar-refractivity contribution is -0.137. The average molecular weight is 270 g/mol. The molecule has 5 heteroatoms. The largest absolute Gasteiger partial charge is 0.481 e. The summed E-state index contributed by atoms with van der Waals surface area (Å²) in [4.78, 5) is 22.2. The third-order valence-electron chi connectivity index (χ3n) is 3.81. The summed E-state index contributed by atoms with van der Waals surface area (Å²) in [7, 11) is 0. The summed E-state index contributed by atoms with van der Waals surface area (Å²) < 4.78 is 0. The molecule has 0 aliphatic heterocycles. The predicted octanol–water partition coefficient (Wildman–Crippen LogP) is 2.37. The van der Waals surface area contributed by atoms with Gasteiger partial charge in [-0.2, -0.15) is 0 Å². The Morgan fingerprint density at radius 1 is 1.32 bits per heavy atom. The van der Waals surface area contributed by atoms with Gasteiger partial charge < -0.3 is 15.7 Å². The van der Waals surface area contributed by atoms with Crippen LogP contribution in [0.15, 0.2) is 0 Å². The number of carbonyl (C=O) groups is 2. The molecule has 0 saturated heterocycles. The van der Waals surface area contributed by atoms with Crippen LogP contribution >= 0.6 is 0 Å². The van der Waals surface area contributed by atoms with Gasteiger partial charge in [0.25, 0.3) is 0 Å². The van der Waals surface area contributed by atoms with Crippen molar-refractivity contribution < 1.29 is 14.7 Å². The molecule has 19 heavy (non-hydrogen) atoms. The summed E-state index contributed by atoms with van der Waals surface area (Å²) in [5, 5.41) is 14.4. The van der Waals surface area contributed by atoms with Crippen molar-refractivity contribution in [3.63, 3.8) is 0 Å². The van der Waals surface area contributed by atoms with E-state index in [-0.39, 0.29) is 18.0 Å². The number of carbonyl (C=O) groups excluding carboxylic acids is 1. The summed E-state index contributed by atoms with van der Waals surface area (Å²) in [6, 6.07) is -0.123. The second-order valence-electron chi connectivity index (χ2n) is 6.20. The fourth-order valence-corrected chi connectivity index (χ4v) is 2.19. The molecule has 0 aromatic rings. The Labute approximate surface area is 115 Å². The highest BCUT2D eigenvalue weighted by molar-refractivity contribution is 5.74. The Kier molecular flexibility index (Phi) is 5.63. The number of amides is 2. The van der Waals surface area contributed by atoms with E-state index in [0.29, 0.717) is 24.8 Å². The number of rotatable bonds is 8. The fraction of sp³-hybridized carbons (Fsp3) is 0.857. The minimum atomic E-state index is -0.760. The smallest absolute Gasteiger partial charge is 0.315 e. The van der Waals surface area contributed by atoms with Gasteiger partial charge in [0.2, 0.25) is 0 Å². The van der Waals surface area contributed by atoms with Gasteiger partial charge in [0, 0.05) is 18.5 Å². The molecule has 1 fully saturated rings. The Bertz CT molecular complexity index is 325. The van der Waals surface area contributed by atoms with Gasteiger partial charge >= 0.3 is 12.0 Å². The lowest BCUT2D eigenvalue weighted by Gasteiger charge is -2.26. The molecule has 1 rings (SSSR count). The number of hydrogen-bond donors (Lipinski definition) is 3. The van der Waals surface area contributed by atoms with Crippen molar-refractivity contribution in [3.05, 3.63) is 0 Å². The number of carboxylic acids is 1. The Morgan fingerprint density at radius 2 is 1.95 bits per heavy atom. The van der Waals surface area contributed by atoms with Gasteiger partial charge in [-0.15, -0.1) is 0 Å². The second-order valence-corrected chi connectivity index (χ2v) is 6.20. The first-order valence-electron chi connectivity index (χ1n) is 7.09. The molecule has 0 aromatic carbocycles. The van der Waals surface area contributed by atoms with Gasteiger partial charge in [0.05, 0.1) is 0 Å². The molecule has 1 unspecified atom stereocenters. The van der Waals surface area contributed by atoms with Crippen molar-refractivity contribution in [2.75, 3.05) is 6.54 Å². The van der Waals surface area contributed by atoms with E-state index in [1.807, 2.05) is 6.92 Å². The third-order valence-corrected chi connectivity index (χ3v) is 3.81. The van der Waals surface area contributed by atoms with E-state index >= 15 is 0 Å². The van der Waals surface area contributed by atoms with Crippen LogP contribution < -0.4 is 10.6 Å². The van der Waals surface area contributed by atoms with Gasteiger partial charge in [-0.1, -0.05) is 6.92 Å². The summed E-state index contributed by atoms with van der Waals surface area (Å²) in [6.45, 7) is 6.71. The van der Waals surface area contributed by atoms with Crippen LogP contribution in [-0.2, 0) is 4.79 Å². The maximum absolute atomic E-state index is 11.7. The molecule has 0 spiro atoms. The van der Waals surface area contributed by atoms with Crippen molar-refractivity contribution in [2.45, 2.75) is 58.4 Å². The Balaban J connectivity index is 2.11. The average Bonchev–Trinajstić information content (AvgIpc) is 3.09. The van der Waals surface area contributed by atoms with E-state index in [1.165, 1.54) is 12.8 Å². The first kappa shape index (κ1) is 15.8. The number of hydrogen-bond acceptors (Lipinski definition) is 2. The van der Waals surface area contributed by atoms with Crippen molar-refractivity contribution in [2.24, 2.45) is 11.8 Å². The second kappa shape index (κ2) is 6.78. The third kappa shape index (κ3) is 6.45. The molecule has 1 aliphatic rings. The van der Waals surface area contributed by atoms with Crippen LogP contribution in [-0.4, -0.2) is 29.2 Å². The summed E-state index contributed by atoms with van der Waals surface area (Å²) in [6.07, 6.45) is 4.05. The highest BCUT2D eigenvalue weighted by Crippen LogP contribution is 2.39. The zero-order valence-corrected chi connectivity index (χ0v) is 12.2. The molecule has 0 bridgehead atoms. The molecule has 0 radical (unpaired) electrons. The van der Waals surface area contributed by atoms with Crippen LogP contribution in [0.5, 0.6) is 0 Å². The quantitative estimate of drug-likeness (QED) is 0.633. The highest BCUT2D eigenvalue weighted by atomic mass is 16.4. The molecule has 1 saturated carbocycles. The molecule has 0 aromatic heterocycles. The molecule has 0 heterocycles. The number of carboxylic acid groups (broad SMARTS) is 1. The maximum Gasteiger partial charge on any atom is 0.315 e. The van der Waals surface area contributed by atoms with Gasteiger partial charge in [0.15, 0.2) is 0 Å². The van der Waals surface area contributed by atoms with Gasteiger partial charge in [0.1, 0.15) is 0 Å². The lowest BCUT2D eigenvalue weighted by Crippen LogP contribution is -2.50. The number of nitrogens with one attached hydrogen (secondary N) is 2. The van der Waals surface area contributed by atoms with Gasteiger partial charge in [-0.25, -0.2) is 4.79 Å². The molecule has 5 nitrogen and oxygen atoms in total. The monoisotopic (exact) mass is 270 g/mol. The van der Waals surface area contributed by atoms with Crippen LogP contribution in [0.4, 0.5) is 4.79 Å². The highest BCUT2D eigenvalue weighted by Gasteiger charge is 2.38. The van der Waals surface area contributed by atoms with Crippen LogP contribution in [0.2, 0.25) is 0 Å². The predicted molar refractivity (Wildman–Crippen MR) is 74.0 cm³/mol. The van der Waals surface area contributed by atoms with Crippen LogP contribution in [0.3, 0.4) is 0 Å². The SMILES string of the molecule is CC(CCNC(=O)NC(C)(C)C1CC1)CCC(=O)O. The molecule has 3 N–H and O–H groups in total. The standard InChI is InChI=1S/C14H26N2O3/c1-10(4-7-12(17)18)8-9-15-13(19)16-14(2,3)11-5-6-11/h10-11H,4-9H2,1-3H3,(H,17,18)(H2,15,16,19).